The third kappa shape index (κ3) is 8.22. The highest BCUT2D eigenvalue weighted by atomic mass is 16.4. The summed E-state index contributed by atoms with van der Waals surface area (Å²) in [4.78, 5) is 38.0. The fourth-order valence-corrected chi connectivity index (χ4v) is 2.68. The first kappa shape index (κ1) is 24.5. The summed E-state index contributed by atoms with van der Waals surface area (Å²) < 4.78 is 0. The molecule has 0 aromatic rings. The van der Waals surface area contributed by atoms with Gasteiger partial charge in [0, 0.05) is 0 Å². The van der Waals surface area contributed by atoms with E-state index in [1.54, 1.807) is 0 Å². The molecule has 0 aromatic carbocycles. The van der Waals surface area contributed by atoms with Crippen LogP contribution in [0.5, 0.6) is 0 Å². The number of carbonyl (C=O) groups excluding carboxylic acids is 2. The maximum Gasteiger partial charge on any atom is 0.326 e. The third-order valence-corrected chi connectivity index (χ3v) is 4.21. The number of carboxylic acids is 1. The Labute approximate surface area is 155 Å². The molecule has 0 heterocycles. The van der Waals surface area contributed by atoms with Crippen LogP contribution in [0.2, 0.25) is 0 Å². The molecular weight excluding hydrogens is 338 g/mol. The van der Waals surface area contributed by atoms with E-state index in [1.165, 1.54) is 0 Å². The molecule has 0 saturated carbocycles. The van der Waals surface area contributed by atoms with Gasteiger partial charge in [0.05, 0.1) is 12.1 Å². The van der Waals surface area contributed by atoms with Crippen molar-refractivity contribution in [3.8, 4) is 0 Å². The molecule has 0 aromatic heterocycles. The maximum atomic E-state index is 12.8. The molecule has 0 fully saturated rings. The smallest absolute Gasteiger partial charge is 0.326 e. The Balaban J connectivity index is 5.44. The molecule has 2 amide bonds. The average Bonchev–Trinajstić information content (AvgIpc) is 2.60. The number of imide groups is 1. The number of nitrogens with zero attached hydrogens (tertiary/aromatic N) is 1. The molecule has 0 saturated heterocycles. The average molecular weight is 373 g/mol. The molecule has 0 rings (SSSR count). The highest BCUT2D eigenvalue weighted by molar-refractivity contribution is 6.03. The second kappa shape index (κ2) is 13.6. The van der Waals surface area contributed by atoms with Crippen LogP contribution in [0.3, 0.4) is 0 Å². The fourth-order valence-electron chi connectivity index (χ4n) is 2.68. The number of hydrogen-bond acceptors (Lipinski definition) is 7. The van der Waals surface area contributed by atoms with E-state index in [4.69, 9.17) is 22.9 Å². The number of hydrogen-bond donors (Lipinski definition) is 5. The van der Waals surface area contributed by atoms with Crippen molar-refractivity contribution >= 4 is 17.8 Å². The predicted molar refractivity (Wildman–Crippen MR) is 99.9 cm³/mol. The molecule has 3 atom stereocenters. The van der Waals surface area contributed by atoms with E-state index in [-0.39, 0.29) is 6.42 Å². The van der Waals surface area contributed by atoms with Crippen molar-refractivity contribution in [3.63, 3.8) is 0 Å². The van der Waals surface area contributed by atoms with Gasteiger partial charge in [0.25, 0.3) is 0 Å². The van der Waals surface area contributed by atoms with Crippen molar-refractivity contribution in [1.82, 2.24) is 4.90 Å². The van der Waals surface area contributed by atoms with Crippen molar-refractivity contribution in [3.05, 3.63) is 0 Å². The molecule has 0 aliphatic heterocycles. The van der Waals surface area contributed by atoms with E-state index in [9.17, 15) is 19.5 Å². The molecule has 9 N–H and O–H groups in total. The quantitative estimate of drug-likeness (QED) is 0.253. The van der Waals surface area contributed by atoms with Crippen LogP contribution in [0.15, 0.2) is 0 Å². The van der Waals surface area contributed by atoms with E-state index in [0.717, 1.165) is 4.90 Å². The number of amides is 2. The first-order valence-electron chi connectivity index (χ1n) is 9.32. The molecule has 3 unspecified atom stereocenters. The van der Waals surface area contributed by atoms with E-state index in [2.05, 4.69) is 0 Å². The predicted octanol–water partition coefficient (Wildman–Crippen LogP) is -0.492. The van der Waals surface area contributed by atoms with Crippen LogP contribution < -0.4 is 22.9 Å². The number of carbonyl (C=O) groups is 3. The summed E-state index contributed by atoms with van der Waals surface area (Å²) >= 11 is 0. The minimum Gasteiger partial charge on any atom is -0.480 e. The van der Waals surface area contributed by atoms with Gasteiger partial charge in [-0.25, -0.2) is 4.79 Å². The Kier molecular flexibility index (Phi) is 12.8. The van der Waals surface area contributed by atoms with Crippen LogP contribution in [0, 0.1) is 0 Å². The zero-order chi connectivity index (χ0) is 20.1. The molecule has 9 heteroatoms. The fraction of sp³-hybridized carbons (Fsp3) is 0.824. The van der Waals surface area contributed by atoms with Gasteiger partial charge < -0.3 is 28.0 Å². The molecule has 9 nitrogen and oxygen atoms in total. The number of aliphatic carboxylic acids is 1. The SMILES string of the molecule is CCCC(N)C(=O)N(C(=O)C(N)CCCCN)C(CCCCN)C(=O)O. The van der Waals surface area contributed by atoms with Gasteiger partial charge in [0.15, 0.2) is 0 Å². The topological polar surface area (TPSA) is 179 Å². The van der Waals surface area contributed by atoms with Crippen LogP contribution in [0.25, 0.3) is 0 Å². The van der Waals surface area contributed by atoms with Gasteiger partial charge in [0.2, 0.25) is 11.8 Å². The van der Waals surface area contributed by atoms with Gasteiger partial charge >= 0.3 is 5.97 Å². The Morgan fingerprint density at radius 3 is 1.73 bits per heavy atom. The molecular formula is C17H35N5O4. The third-order valence-electron chi connectivity index (χ3n) is 4.21. The number of unbranched alkanes of at least 4 members (excludes halogenated alkanes) is 2. The van der Waals surface area contributed by atoms with E-state index in [0.29, 0.717) is 58.0 Å². The van der Waals surface area contributed by atoms with Gasteiger partial charge in [-0.15, -0.1) is 0 Å². The lowest BCUT2D eigenvalue weighted by Gasteiger charge is -2.31. The number of carboxylic acid groups (broad SMARTS) is 1. The minimum absolute atomic E-state index is 0.123. The largest absolute Gasteiger partial charge is 0.480 e. The van der Waals surface area contributed by atoms with Gasteiger partial charge in [0.1, 0.15) is 6.04 Å². The van der Waals surface area contributed by atoms with Crippen LogP contribution >= 0.6 is 0 Å². The minimum atomic E-state index is -1.29. The van der Waals surface area contributed by atoms with Crippen LogP contribution in [0.4, 0.5) is 0 Å². The van der Waals surface area contributed by atoms with E-state index in [1.807, 2.05) is 6.92 Å². The summed E-state index contributed by atoms with van der Waals surface area (Å²) in [7, 11) is 0. The Hall–Kier alpha value is -1.55. The maximum absolute atomic E-state index is 12.8. The Morgan fingerprint density at radius 1 is 0.846 bits per heavy atom. The van der Waals surface area contributed by atoms with Crippen LogP contribution in [-0.2, 0) is 14.4 Å². The van der Waals surface area contributed by atoms with Crippen molar-refractivity contribution in [2.24, 2.45) is 22.9 Å². The van der Waals surface area contributed by atoms with Crippen LogP contribution in [-0.4, -0.2) is 59.0 Å². The first-order chi connectivity index (χ1) is 12.3. The van der Waals surface area contributed by atoms with Crippen molar-refractivity contribution < 1.29 is 19.5 Å². The second-order valence-corrected chi connectivity index (χ2v) is 6.47. The summed E-state index contributed by atoms with van der Waals surface area (Å²) in [5.41, 5.74) is 22.7. The standard InChI is InChI=1S/C17H35N5O4/c1-2-7-12(20)15(23)22(14(17(25)26)9-4-6-11-19)16(24)13(21)8-3-5-10-18/h12-14H,2-11,18-21H2,1H3,(H,25,26). The summed E-state index contributed by atoms with van der Waals surface area (Å²) in [6.45, 7) is 2.73. The number of rotatable bonds is 14. The first-order valence-corrected chi connectivity index (χ1v) is 9.32. The van der Waals surface area contributed by atoms with Gasteiger partial charge in [-0.05, 0) is 51.6 Å². The van der Waals surface area contributed by atoms with Gasteiger partial charge in [-0.1, -0.05) is 19.8 Å². The van der Waals surface area contributed by atoms with E-state index < -0.39 is 35.9 Å². The monoisotopic (exact) mass is 373 g/mol. The van der Waals surface area contributed by atoms with E-state index >= 15 is 0 Å². The zero-order valence-electron chi connectivity index (χ0n) is 15.7. The van der Waals surface area contributed by atoms with Crippen LogP contribution in [0.1, 0.15) is 58.3 Å². The summed E-state index contributed by atoms with van der Waals surface area (Å²) in [5.74, 6) is -2.63. The molecule has 26 heavy (non-hydrogen) atoms. The van der Waals surface area contributed by atoms with Crippen molar-refractivity contribution in [2.45, 2.75) is 76.4 Å². The lowest BCUT2D eigenvalue weighted by atomic mass is 10.0. The highest BCUT2D eigenvalue weighted by Gasteiger charge is 2.38. The lowest BCUT2D eigenvalue weighted by Crippen LogP contribution is -2.58. The summed E-state index contributed by atoms with van der Waals surface area (Å²) in [5, 5.41) is 9.57. The molecule has 0 aliphatic rings. The molecule has 152 valence electrons. The lowest BCUT2D eigenvalue weighted by molar-refractivity contribution is -0.159. The summed E-state index contributed by atoms with van der Waals surface area (Å²) in [6.07, 6.45) is 3.86. The molecule has 0 aliphatic carbocycles. The summed E-state index contributed by atoms with van der Waals surface area (Å²) in [6, 6.07) is -3.18. The van der Waals surface area contributed by atoms with Crippen molar-refractivity contribution in [1.29, 1.82) is 0 Å². The normalized spacial score (nSPS) is 14.5. The Morgan fingerprint density at radius 2 is 1.31 bits per heavy atom. The number of nitrogens with two attached hydrogens (primary N) is 4. The van der Waals surface area contributed by atoms with Gasteiger partial charge in [-0.3, -0.25) is 14.5 Å². The van der Waals surface area contributed by atoms with Gasteiger partial charge in [-0.2, -0.15) is 0 Å². The zero-order valence-corrected chi connectivity index (χ0v) is 15.7. The molecule has 0 spiro atoms. The highest BCUT2D eigenvalue weighted by Crippen LogP contribution is 2.15. The Bertz CT molecular complexity index is 447. The second-order valence-electron chi connectivity index (χ2n) is 6.47. The molecule has 0 bridgehead atoms. The molecule has 0 radical (unpaired) electrons. The van der Waals surface area contributed by atoms with Crippen molar-refractivity contribution in [2.75, 3.05) is 13.1 Å².